The number of rotatable bonds is 2. The molecule has 1 nitrogen and oxygen atoms in total. The van der Waals surface area contributed by atoms with Crippen molar-refractivity contribution in [3.63, 3.8) is 0 Å². The highest BCUT2D eigenvalue weighted by Crippen LogP contribution is 2.40. The molecule has 3 unspecified atom stereocenters. The summed E-state index contributed by atoms with van der Waals surface area (Å²) in [6.07, 6.45) is 2.65. The molecule has 0 radical (unpaired) electrons. The molecule has 88 valence electrons. The number of hydrogen-bond donors (Lipinski definition) is 1. The molecule has 0 heterocycles. The zero-order chi connectivity index (χ0) is 11.7. The molecule has 0 spiro atoms. The minimum Gasteiger partial charge on any atom is -0.317 e. The molecular weight excluding hydrogens is 194 g/mol. The predicted octanol–water partition coefficient (Wildman–Crippen LogP) is 3.40. The maximum Gasteiger partial charge on any atom is 0.00957 e. The summed E-state index contributed by atoms with van der Waals surface area (Å²) in [5.74, 6) is 1.50. The highest BCUT2D eigenvalue weighted by atomic mass is 14.9. The first kappa shape index (κ1) is 11.7. The molecule has 1 aliphatic carbocycles. The Kier molecular flexibility index (Phi) is 3.34. The predicted molar refractivity (Wildman–Crippen MR) is 69.9 cm³/mol. The van der Waals surface area contributed by atoms with Gasteiger partial charge >= 0.3 is 0 Å². The summed E-state index contributed by atoms with van der Waals surface area (Å²) in [4.78, 5) is 0. The average Bonchev–Trinajstić information content (AvgIpc) is 2.64. The van der Waals surface area contributed by atoms with Crippen LogP contribution in [0, 0.1) is 19.8 Å². The fraction of sp³-hybridized carbons (Fsp3) is 0.600. The minimum absolute atomic E-state index is 0.699. The summed E-state index contributed by atoms with van der Waals surface area (Å²) in [5.41, 5.74) is 4.50. The average molecular weight is 217 g/mol. The van der Waals surface area contributed by atoms with Crippen LogP contribution in [0.5, 0.6) is 0 Å². The van der Waals surface area contributed by atoms with Crippen molar-refractivity contribution < 1.29 is 0 Å². The molecule has 1 aromatic carbocycles. The molecule has 0 aliphatic heterocycles. The van der Waals surface area contributed by atoms with E-state index in [2.05, 4.69) is 51.3 Å². The topological polar surface area (TPSA) is 12.0 Å². The smallest absolute Gasteiger partial charge is 0.00957 e. The molecule has 1 aliphatic rings. The maximum absolute atomic E-state index is 3.45. The number of benzene rings is 1. The minimum atomic E-state index is 0.699. The molecule has 3 atom stereocenters. The Hall–Kier alpha value is -0.820. The van der Waals surface area contributed by atoms with Crippen LogP contribution in [0.25, 0.3) is 0 Å². The van der Waals surface area contributed by atoms with Gasteiger partial charge in [-0.25, -0.2) is 0 Å². The van der Waals surface area contributed by atoms with Crippen LogP contribution in [0.1, 0.15) is 42.4 Å². The lowest BCUT2D eigenvalue weighted by Crippen LogP contribution is -2.28. The first-order chi connectivity index (χ1) is 7.65. The number of hydrogen-bond acceptors (Lipinski definition) is 1. The number of aryl methyl sites for hydroxylation is 1. The summed E-state index contributed by atoms with van der Waals surface area (Å²) in [6.45, 7) is 6.87. The Labute approximate surface area is 99.3 Å². The number of nitrogens with one attached hydrogen (secondary N) is 1. The van der Waals surface area contributed by atoms with Gasteiger partial charge in [-0.3, -0.25) is 0 Å². The molecule has 0 saturated heterocycles. The van der Waals surface area contributed by atoms with Crippen molar-refractivity contribution in [1.82, 2.24) is 5.32 Å². The molecule has 1 N–H and O–H groups in total. The molecule has 0 bridgehead atoms. The Balaban J connectivity index is 2.29. The third-order valence-electron chi connectivity index (χ3n) is 4.47. The second-order valence-corrected chi connectivity index (χ2v) is 5.23. The molecular formula is C15H23N. The Morgan fingerprint density at radius 2 is 1.94 bits per heavy atom. The van der Waals surface area contributed by atoms with Crippen LogP contribution < -0.4 is 5.32 Å². The van der Waals surface area contributed by atoms with Crippen LogP contribution >= 0.6 is 0 Å². The zero-order valence-corrected chi connectivity index (χ0v) is 10.9. The first-order valence-electron chi connectivity index (χ1n) is 6.38. The Morgan fingerprint density at radius 3 is 2.56 bits per heavy atom. The molecule has 16 heavy (non-hydrogen) atoms. The third kappa shape index (κ3) is 1.89. The summed E-state index contributed by atoms with van der Waals surface area (Å²) >= 11 is 0. The largest absolute Gasteiger partial charge is 0.317 e. The van der Waals surface area contributed by atoms with E-state index < -0.39 is 0 Å². The lowest BCUT2D eigenvalue weighted by Gasteiger charge is -2.22. The van der Waals surface area contributed by atoms with Gasteiger partial charge in [0.2, 0.25) is 0 Å². The fourth-order valence-electron chi connectivity index (χ4n) is 3.19. The van der Waals surface area contributed by atoms with Gasteiger partial charge in [0.25, 0.3) is 0 Å². The highest BCUT2D eigenvalue weighted by Gasteiger charge is 2.33. The van der Waals surface area contributed by atoms with Crippen molar-refractivity contribution in [2.45, 2.75) is 45.6 Å². The van der Waals surface area contributed by atoms with Gasteiger partial charge in [0.15, 0.2) is 0 Å². The molecule has 1 heteroatoms. The van der Waals surface area contributed by atoms with E-state index in [-0.39, 0.29) is 0 Å². The summed E-state index contributed by atoms with van der Waals surface area (Å²) in [7, 11) is 2.09. The van der Waals surface area contributed by atoms with E-state index in [1.54, 1.807) is 5.56 Å². The molecule has 2 rings (SSSR count). The van der Waals surface area contributed by atoms with Crippen molar-refractivity contribution in [2.75, 3.05) is 7.05 Å². The molecule has 1 aromatic rings. The normalized spacial score (nSPS) is 29.6. The standard InChI is InChI=1S/C15H23N/c1-10-6-5-7-13(11(10)2)14-8-9-15(16-4)12(14)3/h5-7,12,14-16H,8-9H2,1-4H3. The Bertz CT molecular complexity index is 370. The van der Waals surface area contributed by atoms with Crippen LogP contribution in [0.4, 0.5) is 0 Å². The van der Waals surface area contributed by atoms with Gasteiger partial charge in [0.1, 0.15) is 0 Å². The van der Waals surface area contributed by atoms with Crippen LogP contribution in [0.3, 0.4) is 0 Å². The van der Waals surface area contributed by atoms with E-state index >= 15 is 0 Å². The maximum atomic E-state index is 3.45. The lowest BCUT2D eigenvalue weighted by atomic mass is 9.85. The monoisotopic (exact) mass is 217 g/mol. The van der Waals surface area contributed by atoms with Crippen molar-refractivity contribution in [3.05, 3.63) is 34.9 Å². The van der Waals surface area contributed by atoms with Crippen LogP contribution in [-0.2, 0) is 0 Å². The van der Waals surface area contributed by atoms with Crippen molar-refractivity contribution in [2.24, 2.45) is 5.92 Å². The SMILES string of the molecule is CNC1CCC(c2cccc(C)c2C)C1C. The van der Waals surface area contributed by atoms with E-state index in [1.165, 1.54) is 24.0 Å². The van der Waals surface area contributed by atoms with Crippen molar-refractivity contribution in [3.8, 4) is 0 Å². The summed E-state index contributed by atoms with van der Waals surface area (Å²) < 4.78 is 0. The van der Waals surface area contributed by atoms with Gasteiger partial charge in [-0.05, 0) is 62.3 Å². The second-order valence-electron chi connectivity index (χ2n) is 5.23. The van der Waals surface area contributed by atoms with Crippen molar-refractivity contribution >= 4 is 0 Å². The van der Waals surface area contributed by atoms with Crippen LogP contribution in [0.2, 0.25) is 0 Å². The van der Waals surface area contributed by atoms with Crippen molar-refractivity contribution in [1.29, 1.82) is 0 Å². The second kappa shape index (κ2) is 4.58. The van der Waals surface area contributed by atoms with E-state index in [0.717, 1.165) is 11.8 Å². The summed E-state index contributed by atoms with van der Waals surface area (Å²) in [5, 5.41) is 3.45. The fourth-order valence-corrected chi connectivity index (χ4v) is 3.19. The quantitative estimate of drug-likeness (QED) is 0.800. The molecule has 1 fully saturated rings. The molecule has 1 saturated carbocycles. The van der Waals surface area contributed by atoms with Gasteiger partial charge in [0, 0.05) is 6.04 Å². The van der Waals surface area contributed by atoms with Crippen LogP contribution in [0.15, 0.2) is 18.2 Å². The molecule has 0 aromatic heterocycles. The Morgan fingerprint density at radius 1 is 1.19 bits per heavy atom. The summed E-state index contributed by atoms with van der Waals surface area (Å²) in [6, 6.07) is 7.44. The van der Waals surface area contributed by atoms with Gasteiger partial charge < -0.3 is 5.32 Å². The van der Waals surface area contributed by atoms with E-state index in [0.29, 0.717) is 6.04 Å². The van der Waals surface area contributed by atoms with E-state index in [1.807, 2.05) is 0 Å². The van der Waals surface area contributed by atoms with Gasteiger partial charge in [-0.15, -0.1) is 0 Å². The lowest BCUT2D eigenvalue weighted by molar-refractivity contribution is 0.428. The van der Waals surface area contributed by atoms with Gasteiger partial charge in [-0.2, -0.15) is 0 Å². The van der Waals surface area contributed by atoms with E-state index in [9.17, 15) is 0 Å². The first-order valence-corrected chi connectivity index (χ1v) is 6.38. The van der Waals surface area contributed by atoms with Gasteiger partial charge in [0.05, 0.1) is 0 Å². The zero-order valence-electron chi connectivity index (χ0n) is 10.9. The third-order valence-corrected chi connectivity index (χ3v) is 4.47. The van der Waals surface area contributed by atoms with Crippen LogP contribution in [-0.4, -0.2) is 13.1 Å². The van der Waals surface area contributed by atoms with Gasteiger partial charge in [-0.1, -0.05) is 25.1 Å². The highest BCUT2D eigenvalue weighted by molar-refractivity contribution is 5.36. The van der Waals surface area contributed by atoms with E-state index in [4.69, 9.17) is 0 Å². The molecule has 0 amide bonds.